The van der Waals surface area contributed by atoms with Gasteiger partial charge in [0.15, 0.2) is 5.82 Å². The zero-order valence-corrected chi connectivity index (χ0v) is 25.0. The van der Waals surface area contributed by atoms with Gasteiger partial charge in [0, 0.05) is 69.1 Å². The Morgan fingerprint density at radius 3 is 2.84 bits per heavy atom. The lowest BCUT2D eigenvalue weighted by molar-refractivity contribution is 0.0970. The SMILES string of the molecule is COCCN1CCn2nc(Nc3cc(-c4ccnc(N5CNn6c(cc7c6CCCC7)C5=O)c4CO)cn(C)c3=O)cc2C1. The summed E-state index contributed by atoms with van der Waals surface area (Å²) >= 11 is 0. The Labute approximate surface area is 254 Å². The molecule has 0 saturated carbocycles. The van der Waals surface area contributed by atoms with Crippen LogP contribution in [0.25, 0.3) is 11.1 Å². The van der Waals surface area contributed by atoms with Gasteiger partial charge in [0.25, 0.3) is 11.5 Å². The van der Waals surface area contributed by atoms with Gasteiger partial charge in [0.05, 0.1) is 25.5 Å². The van der Waals surface area contributed by atoms with E-state index >= 15 is 0 Å². The molecule has 13 nitrogen and oxygen atoms in total. The third-order valence-electron chi connectivity index (χ3n) is 8.85. The van der Waals surface area contributed by atoms with E-state index < -0.39 is 0 Å². The number of aryl methyl sites for hydroxylation is 2. The summed E-state index contributed by atoms with van der Waals surface area (Å²) in [5.74, 6) is 0.817. The standard InChI is InChI=1S/C31H37N9O4/c1-36-16-21(13-25(30(36)42)34-28-15-22-17-37(11-12-44-2)9-10-39(22)35-28)23-7-8-32-29(24(23)18-41)38-19-33-40-26-6-4-3-5-20(26)14-27(40)31(38)43/h7-8,13-16,33,41H,3-6,9-12,17-19H2,1-2H3,(H,34,35). The maximum Gasteiger partial charge on any atom is 0.279 e. The molecule has 0 radical (unpaired) electrons. The molecule has 3 N–H and O–H groups in total. The number of aliphatic hydroxyl groups excluding tert-OH is 1. The Morgan fingerprint density at radius 2 is 2.00 bits per heavy atom. The second-order valence-electron chi connectivity index (χ2n) is 11.6. The van der Waals surface area contributed by atoms with E-state index in [4.69, 9.17) is 9.84 Å². The number of hydrogen-bond donors (Lipinski definition) is 3. The lowest BCUT2D eigenvalue weighted by Gasteiger charge is -2.31. The molecule has 0 unspecified atom stereocenters. The summed E-state index contributed by atoms with van der Waals surface area (Å²) in [4.78, 5) is 35.4. The van der Waals surface area contributed by atoms with Crippen LogP contribution in [0.5, 0.6) is 0 Å². The fraction of sp³-hybridized carbons (Fsp3) is 0.419. The van der Waals surface area contributed by atoms with Crippen molar-refractivity contribution >= 4 is 23.2 Å². The molecule has 0 spiro atoms. The predicted octanol–water partition coefficient (Wildman–Crippen LogP) is 2.18. The molecule has 44 heavy (non-hydrogen) atoms. The Kier molecular flexibility index (Phi) is 7.44. The van der Waals surface area contributed by atoms with E-state index in [1.54, 1.807) is 43.6 Å². The van der Waals surface area contributed by atoms with Crippen molar-refractivity contribution < 1.29 is 14.6 Å². The third kappa shape index (κ3) is 4.96. The van der Waals surface area contributed by atoms with Gasteiger partial charge in [-0.2, -0.15) is 5.10 Å². The molecule has 4 aromatic heterocycles. The number of hydrogen-bond acceptors (Lipinski definition) is 9. The van der Waals surface area contributed by atoms with E-state index in [2.05, 4.69) is 20.6 Å². The zero-order chi connectivity index (χ0) is 30.4. The molecule has 6 heterocycles. The summed E-state index contributed by atoms with van der Waals surface area (Å²) in [5, 5.41) is 18.5. The number of nitrogens with zero attached hydrogens (tertiary/aromatic N) is 7. The van der Waals surface area contributed by atoms with Crippen molar-refractivity contribution in [3.05, 3.63) is 75.2 Å². The van der Waals surface area contributed by atoms with Crippen molar-refractivity contribution in [2.45, 2.75) is 45.4 Å². The van der Waals surface area contributed by atoms with E-state index in [-0.39, 0.29) is 24.7 Å². The van der Waals surface area contributed by atoms with Crippen LogP contribution in [0.1, 0.15) is 45.8 Å². The zero-order valence-electron chi connectivity index (χ0n) is 25.0. The van der Waals surface area contributed by atoms with Crippen LogP contribution in [0.15, 0.2) is 41.5 Å². The molecule has 0 saturated heterocycles. The first-order chi connectivity index (χ1) is 21.4. The Bertz CT molecular complexity index is 1790. The molecule has 2 aliphatic heterocycles. The highest BCUT2D eigenvalue weighted by atomic mass is 16.5. The summed E-state index contributed by atoms with van der Waals surface area (Å²) in [5.41, 5.74) is 9.45. The Hall–Kier alpha value is -4.46. The molecule has 0 aromatic carbocycles. The van der Waals surface area contributed by atoms with Gasteiger partial charge in [-0.15, -0.1) is 0 Å². The minimum Gasteiger partial charge on any atom is -0.392 e. The summed E-state index contributed by atoms with van der Waals surface area (Å²) in [6, 6.07) is 7.51. The van der Waals surface area contributed by atoms with Crippen molar-refractivity contribution in [2.24, 2.45) is 7.05 Å². The maximum atomic E-state index is 13.7. The smallest absolute Gasteiger partial charge is 0.279 e. The average molecular weight is 600 g/mol. The highest BCUT2D eigenvalue weighted by Gasteiger charge is 2.32. The highest BCUT2D eigenvalue weighted by Crippen LogP contribution is 2.34. The Morgan fingerprint density at radius 1 is 1.14 bits per heavy atom. The minimum atomic E-state index is -0.335. The predicted molar refractivity (Wildman–Crippen MR) is 166 cm³/mol. The van der Waals surface area contributed by atoms with Crippen molar-refractivity contribution in [1.29, 1.82) is 0 Å². The number of amides is 1. The van der Waals surface area contributed by atoms with Crippen LogP contribution in [0.3, 0.4) is 0 Å². The van der Waals surface area contributed by atoms with Crippen LogP contribution in [-0.4, -0.2) is 73.4 Å². The van der Waals surface area contributed by atoms with Gasteiger partial charge in [-0.3, -0.25) is 28.7 Å². The molecule has 13 heteroatoms. The summed E-state index contributed by atoms with van der Waals surface area (Å²) in [6.45, 7) is 3.81. The molecule has 1 amide bonds. The van der Waals surface area contributed by atoms with E-state index in [0.717, 1.165) is 57.6 Å². The summed E-state index contributed by atoms with van der Waals surface area (Å²) < 4.78 is 10.6. The topological polar surface area (TPSA) is 135 Å². The van der Waals surface area contributed by atoms with Crippen LogP contribution < -0.4 is 21.2 Å². The number of aromatic nitrogens is 5. The fourth-order valence-corrected chi connectivity index (χ4v) is 6.58. The number of pyridine rings is 2. The molecule has 0 bridgehead atoms. The highest BCUT2D eigenvalue weighted by molar-refractivity contribution is 6.06. The normalized spacial score (nSPS) is 16.3. The number of aliphatic hydroxyl groups is 1. The molecular formula is C31H37N9O4. The first kappa shape index (κ1) is 28.3. The van der Waals surface area contributed by atoms with Crippen LogP contribution in [0, 0.1) is 0 Å². The van der Waals surface area contributed by atoms with E-state index in [9.17, 15) is 14.7 Å². The van der Waals surface area contributed by atoms with Gasteiger partial charge < -0.3 is 25.2 Å². The number of carbonyl (C=O) groups excluding carboxylic acids is 1. The molecule has 3 aliphatic rings. The van der Waals surface area contributed by atoms with E-state index in [0.29, 0.717) is 46.3 Å². The summed E-state index contributed by atoms with van der Waals surface area (Å²) in [7, 11) is 3.40. The second kappa shape index (κ2) is 11.6. The first-order valence-corrected chi connectivity index (χ1v) is 15.1. The maximum absolute atomic E-state index is 13.7. The van der Waals surface area contributed by atoms with E-state index in [1.807, 2.05) is 21.5 Å². The van der Waals surface area contributed by atoms with E-state index in [1.165, 1.54) is 15.8 Å². The second-order valence-corrected chi connectivity index (χ2v) is 11.6. The monoisotopic (exact) mass is 599 g/mol. The molecular weight excluding hydrogens is 562 g/mol. The average Bonchev–Trinajstić information content (AvgIpc) is 3.63. The van der Waals surface area contributed by atoms with Gasteiger partial charge in [-0.05, 0) is 55.0 Å². The number of rotatable bonds is 8. The Balaban J connectivity index is 1.19. The lowest BCUT2D eigenvalue weighted by Crippen LogP contribution is -2.46. The van der Waals surface area contributed by atoms with Crippen LogP contribution in [-0.2, 0) is 44.3 Å². The molecule has 230 valence electrons. The number of ether oxygens (including phenoxy) is 1. The number of nitrogens with one attached hydrogen (secondary N) is 2. The van der Waals surface area contributed by atoms with Gasteiger partial charge in [-0.25, -0.2) is 4.98 Å². The van der Waals surface area contributed by atoms with Crippen LogP contribution >= 0.6 is 0 Å². The summed E-state index contributed by atoms with van der Waals surface area (Å²) in [6.07, 6.45) is 7.51. The van der Waals surface area contributed by atoms with Gasteiger partial charge in [0.2, 0.25) is 0 Å². The van der Waals surface area contributed by atoms with Crippen LogP contribution in [0.2, 0.25) is 0 Å². The van der Waals surface area contributed by atoms with Crippen molar-refractivity contribution in [2.75, 3.05) is 49.1 Å². The van der Waals surface area contributed by atoms with Crippen molar-refractivity contribution in [3.8, 4) is 11.1 Å². The molecule has 0 atom stereocenters. The van der Waals surface area contributed by atoms with Gasteiger partial charge in [0.1, 0.15) is 23.9 Å². The third-order valence-corrected chi connectivity index (χ3v) is 8.85. The fourth-order valence-electron chi connectivity index (χ4n) is 6.58. The number of carbonyl (C=O) groups is 1. The quantitative estimate of drug-likeness (QED) is 0.279. The minimum absolute atomic E-state index is 0.162. The largest absolute Gasteiger partial charge is 0.392 e. The molecule has 4 aromatic rings. The van der Waals surface area contributed by atoms with Crippen molar-refractivity contribution in [3.63, 3.8) is 0 Å². The number of fused-ring (bicyclic) bond motifs is 4. The van der Waals surface area contributed by atoms with Crippen LogP contribution in [0.4, 0.5) is 17.3 Å². The van der Waals surface area contributed by atoms with Crippen molar-refractivity contribution in [1.82, 2.24) is 28.9 Å². The first-order valence-electron chi connectivity index (χ1n) is 15.1. The molecule has 0 fully saturated rings. The lowest BCUT2D eigenvalue weighted by atomic mass is 9.98. The molecule has 7 rings (SSSR count). The van der Waals surface area contributed by atoms with Gasteiger partial charge >= 0.3 is 0 Å². The van der Waals surface area contributed by atoms with Gasteiger partial charge in [-0.1, -0.05) is 0 Å². The number of methoxy groups -OCH3 is 1. The molecule has 1 aliphatic carbocycles. The number of anilines is 3.